The molecule has 4 aliphatic rings. The second-order valence-corrected chi connectivity index (χ2v) is 12.2. The molecule has 3 aliphatic carbocycles. The van der Waals surface area contributed by atoms with E-state index in [9.17, 15) is 39.6 Å². The number of allylic oxidation sites excluding steroid dienone is 5. The van der Waals surface area contributed by atoms with E-state index in [1.54, 1.807) is 26.0 Å². The van der Waals surface area contributed by atoms with E-state index in [-0.39, 0.29) is 35.1 Å². The molecule has 0 saturated carbocycles. The lowest BCUT2D eigenvalue weighted by atomic mass is 9.60. The lowest BCUT2D eigenvalue weighted by Gasteiger charge is -2.47. The first-order valence-corrected chi connectivity index (χ1v) is 15.3. The number of hydrogen-bond acceptors (Lipinski definition) is 10. The molecule has 1 aromatic rings. The van der Waals surface area contributed by atoms with Crippen molar-refractivity contribution in [3.8, 4) is 5.75 Å². The number of ketones is 3. The first kappa shape index (κ1) is 32.4. The lowest BCUT2D eigenvalue weighted by molar-refractivity contribution is -0.190. The van der Waals surface area contributed by atoms with Gasteiger partial charge in [0.05, 0.1) is 29.4 Å². The van der Waals surface area contributed by atoms with E-state index in [4.69, 9.17) is 9.47 Å². The van der Waals surface area contributed by atoms with Crippen molar-refractivity contribution in [2.75, 3.05) is 0 Å². The molecule has 1 saturated heterocycles. The van der Waals surface area contributed by atoms with E-state index >= 15 is 0 Å². The van der Waals surface area contributed by atoms with E-state index in [2.05, 4.69) is 6.92 Å². The Morgan fingerprint density at radius 2 is 1.89 bits per heavy atom. The van der Waals surface area contributed by atoms with Crippen molar-refractivity contribution in [1.82, 2.24) is 0 Å². The van der Waals surface area contributed by atoms with E-state index in [0.717, 1.165) is 37.8 Å². The highest BCUT2D eigenvalue weighted by Gasteiger charge is 2.62. The predicted molar refractivity (Wildman–Crippen MR) is 162 cm³/mol. The van der Waals surface area contributed by atoms with Gasteiger partial charge < -0.3 is 29.9 Å². The Labute approximate surface area is 261 Å². The van der Waals surface area contributed by atoms with Crippen molar-refractivity contribution in [3.63, 3.8) is 0 Å². The van der Waals surface area contributed by atoms with Crippen LogP contribution in [0.1, 0.15) is 91.7 Å². The molecule has 1 fully saturated rings. The van der Waals surface area contributed by atoms with Crippen LogP contribution < -0.4 is 0 Å². The number of fused-ring (bicyclic) bond motifs is 3. The maximum absolute atomic E-state index is 13.7. The summed E-state index contributed by atoms with van der Waals surface area (Å²) in [7, 11) is 0. The molecule has 2 unspecified atom stereocenters. The van der Waals surface area contributed by atoms with Gasteiger partial charge in [0.25, 0.3) is 0 Å². The number of ether oxygens (including phenoxy) is 2. The first-order chi connectivity index (χ1) is 21.3. The zero-order chi connectivity index (χ0) is 32.7. The smallest absolute Gasteiger partial charge is 0.331 e. The largest absolute Gasteiger partial charge is 0.507 e. The van der Waals surface area contributed by atoms with Gasteiger partial charge >= 0.3 is 5.97 Å². The van der Waals surface area contributed by atoms with Gasteiger partial charge in [0.2, 0.25) is 0 Å². The Kier molecular flexibility index (Phi) is 8.97. The Morgan fingerprint density at radius 1 is 1.13 bits per heavy atom. The van der Waals surface area contributed by atoms with Crippen molar-refractivity contribution in [2.24, 2.45) is 0 Å². The Hall–Kier alpha value is -3.96. The third-order valence-corrected chi connectivity index (χ3v) is 8.95. The highest BCUT2D eigenvalue weighted by Crippen LogP contribution is 2.50. The fraction of sp³-hybridized carbons (Fsp3) is 0.429. The van der Waals surface area contributed by atoms with Crippen LogP contribution in [-0.2, 0) is 19.1 Å². The summed E-state index contributed by atoms with van der Waals surface area (Å²) in [4.78, 5) is 52.9. The summed E-state index contributed by atoms with van der Waals surface area (Å²) >= 11 is 0. The third-order valence-electron chi connectivity index (χ3n) is 8.95. The molecule has 45 heavy (non-hydrogen) atoms. The second-order valence-electron chi connectivity index (χ2n) is 12.2. The van der Waals surface area contributed by atoms with E-state index in [1.807, 2.05) is 6.08 Å². The molecule has 1 heterocycles. The summed E-state index contributed by atoms with van der Waals surface area (Å²) in [5, 5.41) is 45.0. The Morgan fingerprint density at radius 3 is 2.60 bits per heavy atom. The highest BCUT2D eigenvalue weighted by atomic mass is 16.6. The minimum atomic E-state index is -2.67. The van der Waals surface area contributed by atoms with Crippen LogP contribution in [0, 0.1) is 0 Å². The number of aliphatic hydroxyl groups excluding tert-OH is 1. The lowest BCUT2D eigenvalue weighted by Crippen LogP contribution is -2.64. The van der Waals surface area contributed by atoms with Gasteiger partial charge in [-0.2, -0.15) is 0 Å². The minimum Gasteiger partial charge on any atom is -0.507 e. The number of unbranched alkanes of at least 4 members (excludes halogenated alkanes) is 3. The van der Waals surface area contributed by atoms with Gasteiger partial charge in [-0.3, -0.25) is 14.4 Å². The topological polar surface area (TPSA) is 168 Å². The number of carbonyl (C=O) groups is 4. The molecule has 0 spiro atoms. The summed E-state index contributed by atoms with van der Waals surface area (Å²) < 4.78 is 11.5. The van der Waals surface area contributed by atoms with Crippen LogP contribution in [0.2, 0.25) is 0 Å². The average molecular weight is 619 g/mol. The van der Waals surface area contributed by atoms with E-state index < -0.39 is 70.3 Å². The van der Waals surface area contributed by atoms with Crippen LogP contribution in [0.25, 0.3) is 0 Å². The number of esters is 1. The van der Waals surface area contributed by atoms with Gasteiger partial charge in [-0.1, -0.05) is 55.7 Å². The zero-order valence-corrected chi connectivity index (χ0v) is 25.5. The normalized spacial score (nSPS) is 31.2. The number of phenols is 1. The molecule has 4 N–H and O–H groups in total. The number of carbonyl (C=O) groups excluding carboxylic acids is 4. The van der Waals surface area contributed by atoms with Crippen molar-refractivity contribution >= 4 is 23.3 Å². The molecule has 238 valence electrons. The maximum Gasteiger partial charge on any atom is 0.331 e. The van der Waals surface area contributed by atoms with Gasteiger partial charge in [0.15, 0.2) is 29.1 Å². The van der Waals surface area contributed by atoms with Gasteiger partial charge in [-0.25, -0.2) is 4.79 Å². The van der Waals surface area contributed by atoms with Crippen LogP contribution in [0.3, 0.4) is 0 Å². The van der Waals surface area contributed by atoms with Gasteiger partial charge in [-0.15, -0.1) is 0 Å². The Bertz CT molecular complexity index is 1580. The molecular weight excluding hydrogens is 580 g/mol. The molecule has 5 rings (SSSR count). The van der Waals surface area contributed by atoms with Crippen molar-refractivity contribution in [3.05, 3.63) is 88.1 Å². The average Bonchev–Trinajstić information content (AvgIpc) is 2.97. The number of rotatable bonds is 8. The van der Waals surface area contributed by atoms with E-state index in [0.29, 0.717) is 5.57 Å². The maximum atomic E-state index is 13.7. The Balaban J connectivity index is 1.35. The standard InChI is InChI=1S/C35H38O10/c1-4-5-6-7-8-9-10-11-27(38)45-33-20(3)44-25(17-24(33)36)21-12-13-22-28(30(21)39)31(40)23-14-15-34(42)18-19(2)16-26(37)35(34,43)29(23)32(22)41/h8-16,20,24-25,33,36,39,42-43H,4-7,17-18H2,1-3H3/b9-8+,11-10+/t20-,24-,25-,33-,34?,35?/m1/s1. The van der Waals surface area contributed by atoms with Crippen LogP contribution in [0.15, 0.2) is 71.4 Å². The molecule has 10 nitrogen and oxygen atoms in total. The van der Waals surface area contributed by atoms with Crippen molar-refractivity contribution in [2.45, 2.75) is 94.9 Å². The third kappa shape index (κ3) is 5.56. The summed E-state index contributed by atoms with van der Waals surface area (Å²) in [6.45, 7) is 5.34. The fourth-order valence-corrected chi connectivity index (χ4v) is 6.62. The highest BCUT2D eigenvalue weighted by molar-refractivity contribution is 6.32. The van der Waals surface area contributed by atoms with E-state index in [1.165, 1.54) is 24.3 Å². The predicted octanol–water partition coefficient (Wildman–Crippen LogP) is 3.83. The number of hydrogen-bond donors (Lipinski definition) is 4. The zero-order valence-electron chi connectivity index (χ0n) is 25.5. The fourth-order valence-electron chi connectivity index (χ4n) is 6.62. The van der Waals surface area contributed by atoms with Gasteiger partial charge in [0, 0.05) is 35.6 Å². The molecule has 0 bridgehead atoms. The first-order valence-electron chi connectivity index (χ1n) is 15.3. The molecular formula is C35H38O10. The minimum absolute atomic E-state index is 0.0847. The summed E-state index contributed by atoms with van der Waals surface area (Å²) in [5.74, 6) is -3.79. The molecule has 0 radical (unpaired) electrons. The molecule has 10 heteroatoms. The summed E-state index contributed by atoms with van der Waals surface area (Å²) in [6.07, 6.45) is 10.2. The number of benzene rings is 1. The van der Waals surface area contributed by atoms with Crippen molar-refractivity contribution < 1.29 is 49.1 Å². The quantitative estimate of drug-likeness (QED) is 0.145. The molecule has 1 aromatic carbocycles. The number of Topliss-reactive ketones (excluding diaryl/α,β-unsaturated/α-hetero) is 2. The van der Waals surface area contributed by atoms with Crippen LogP contribution >= 0.6 is 0 Å². The van der Waals surface area contributed by atoms with Crippen LogP contribution in [0.4, 0.5) is 0 Å². The van der Waals surface area contributed by atoms with Crippen LogP contribution in [-0.4, -0.2) is 73.3 Å². The summed E-state index contributed by atoms with van der Waals surface area (Å²) in [6, 6.07) is 2.66. The number of aliphatic hydroxyl groups is 3. The van der Waals surface area contributed by atoms with Gasteiger partial charge in [0.1, 0.15) is 11.4 Å². The molecule has 0 amide bonds. The molecule has 6 atom stereocenters. The number of aromatic hydroxyl groups is 1. The van der Waals surface area contributed by atoms with Gasteiger partial charge in [-0.05, 0) is 44.9 Å². The number of phenolic OH excluding ortho intramolecular Hbond substituents is 1. The SMILES string of the molecule is CCCCC/C=C/C=C/C(=O)O[C@H]1[C@H](O)C[C@H](c2ccc3c(c2O)C(=O)C2=C(C3=O)C3(O)C(=O)C=C(C)CC3(O)C=C2)O[C@@H]1C. The molecule has 0 aromatic heterocycles. The van der Waals surface area contributed by atoms with Crippen LogP contribution in [0.5, 0.6) is 5.75 Å². The monoisotopic (exact) mass is 618 g/mol. The summed E-state index contributed by atoms with van der Waals surface area (Å²) in [5.41, 5.74) is -5.58. The van der Waals surface area contributed by atoms with Crippen molar-refractivity contribution in [1.29, 1.82) is 0 Å². The second kappa shape index (κ2) is 12.4. The molecule has 1 aliphatic heterocycles.